The molecule has 1 heterocycles. The van der Waals surface area contributed by atoms with Crippen molar-refractivity contribution < 1.29 is 9.90 Å². The fourth-order valence-electron chi connectivity index (χ4n) is 0.992. The van der Waals surface area contributed by atoms with Gasteiger partial charge in [0.2, 0.25) is 0 Å². The molecule has 0 saturated heterocycles. The van der Waals surface area contributed by atoms with Gasteiger partial charge in [0, 0.05) is 16.4 Å². The Balaban J connectivity index is 2.55. The number of thioether (sulfide) groups is 1. The minimum atomic E-state index is -1.04. The van der Waals surface area contributed by atoms with Gasteiger partial charge in [-0.2, -0.15) is 11.8 Å². The van der Waals surface area contributed by atoms with Gasteiger partial charge in [0.15, 0.2) is 0 Å². The topological polar surface area (TPSA) is 76.2 Å². The average Bonchev–Trinajstić information content (AvgIpc) is 2.73. The van der Waals surface area contributed by atoms with E-state index in [-0.39, 0.29) is 0 Å². The molecule has 0 saturated carbocycles. The van der Waals surface area contributed by atoms with E-state index in [1.54, 1.807) is 5.38 Å². The molecule has 0 aliphatic rings. The molecule has 0 aliphatic carbocycles. The van der Waals surface area contributed by atoms with Crippen molar-refractivity contribution in [3.63, 3.8) is 0 Å². The van der Waals surface area contributed by atoms with Crippen LogP contribution in [0, 0.1) is 0 Å². The zero-order chi connectivity index (χ0) is 12.1. The largest absolute Gasteiger partial charge is 0.480 e. The number of nitrogens with zero attached hydrogens (tertiary/aromatic N) is 1. The summed E-state index contributed by atoms with van der Waals surface area (Å²) in [4.78, 5) is 14.9. The van der Waals surface area contributed by atoms with Crippen LogP contribution in [0.3, 0.4) is 0 Å². The van der Waals surface area contributed by atoms with Crippen LogP contribution in [-0.2, 0) is 10.5 Å². The summed E-state index contributed by atoms with van der Waals surface area (Å²) in [7, 11) is 0. The lowest BCUT2D eigenvalue weighted by molar-refractivity contribution is -0.138. The van der Waals surface area contributed by atoms with Gasteiger partial charge in [0.25, 0.3) is 0 Å². The molecule has 1 aromatic rings. The first-order valence-electron chi connectivity index (χ1n) is 5.08. The van der Waals surface area contributed by atoms with Crippen LogP contribution >= 0.6 is 23.1 Å². The number of carboxylic acids is 1. The predicted molar refractivity (Wildman–Crippen MR) is 67.7 cm³/mol. The van der Waals surface area contributed by atoms with Crippen molar-refractivity contribution in [2.45, 2.75) is 37.3 Å². The van der Waals surface area contributed by atoms with Gasteiger partial charge in [-0.15, -0.1) is 11.3 Å². The Hall–Kier alpha value is -0.590. The van der Waals surface area contributed by atoms with Crippen LogP contribution in [-0.4, -0.2) is 21.3 Å². The van der Waals surface area contributed by atoms with Crippen LogP contribution in [0.25, 0.3) is 0 Å². The van der Waals surface area contributed by atoms with Crippen LogP contribution in [0.2, 0.25) is 0 Å². The summed E-state index contributed by atoms with van der Waals surface area (Å²) in [6.45, 7) is 4.31. The number of rotatable bonds is 6. The smallest absolute Gasteiger partial charge is 0.326 e. The first kappa shape index (κ1) is 13.5. The fraction of sp³-hybridized carbons (Fsp3) is 0.600. The standard InChI is InChI=1S/C10H16N2O2S2/c1-3-6(2)15-5-8-12-7(4-16-8)9(11)10(13)14/h4,6,9H,3,5,11H2,1-2H3,(H,13,14). The number of nitrogens with two attached hydrogens (primary N) is 1. The van der Waals surface area contributed by atoms with Crippen LogP contribution in [0.1, 0.15) is 37.0 Å². The third-order valence-corrected chi connectivity index (χ3v) is 4.61. The van der Waals surface area contributed by atoms with Gasteiger partial charge in [0.1, 0.15) is 11.0 Å². The average molecular weight is 260 g/mol. The summed E-state index contributed by atoms with van der Waals surface area (Å²) in [5.74, 6) is -0.210. The van der Waals surface area contributed by atoms with E-state index in [0.29, 0.717) is 10.9 Å². The minimum absolute atomic E-state index is 0.456. The molecule has 0 spiro atoms. The SMILES string of the molecule is CCC(C)SCc1nc(C(N)C(=O)O)cs1. The zero-order valence-electron chi connectivity index (χ0n) is 9.34. The van der Waals surface area contributed by atoms with E-state index in [9.17, 15) is 4.79 Å². The second-order valence-corrected chi connectivity index (χ2v) is 5.88. The number of hydrogen-bond donors (Lipinski definition) is 2. The molecule has 90 valence electrons. The number of aromatic nitrogens is 1. The molecule has 0 aromatic carbocycles. The highest BCUT2D eigenvalue weighted by Gasteiger charge is 2.17. The second-order valence-electron chi connectivity index (χ2n) is 3.51. The lowest BCUT2D eigenvalue weighted by atomic mass is 10.2. The Kier molecular flexibility index (Phi) is 5.24. The van der Waals surface area contributed by atoms with Crippen molar-refractivity contribution in [3.05, 3.63) is 16.1 Å². The van der Waals surface area contributed by atoms with Gasteiger partial charge in [-0.3, -0.25) is 4.79 Å². The van der Waals surface area contributed by atoms with Gasteiger partial charge in [-0.25, -0.2) is 4.98 Å². The van der Waals surface area contributed by atoms with Gasteiger partial charge in [-0.1, -0.05) is 13.8 Å². The van der Waals surface area contributed by atoms with Crippen molar-refractivity contribution in [1.82, 2.24) is 4.98 Å². The summed E-state index contributed by atoms with van der Waals surface area (Å²) in [6, 6.07) is -1.00. The van der Waals surface area contributed by atoms with Crippen molar-refractivity contribution in [2.75, 3.05) is 0 Å². The number of thiazole rings is 1. The fourth-order valence-corrected chi connectivity index (χ4v) is 2.81. The summed E-state index contributed by atoms with van der Waals surface area (Å²) in [5, 5.41) is 12.0. The minimum Gasteiger partial charge on any atom is -0.480 e. The van der Waals surface area contributed by atoms with E-state index < -0.39 is 12.0 Å². The summed E-state index contributed by atoms with van der Waals surface area (Å²) in [6.07, 6.45) is 1.12. The normalized spacial score (nSPS) is 14.7. The lowest BCUT2D eigenvalue weighted by Gasteiger charge is -2.05. The lowest BCUT2D eigenvalue weighted by Crippen LogP contribution is -2.20. The molecule has 0 radical (unpaired) electrons. The van der Waals surface area contributed by atoms with Crippen LogP contribution in [0.5, 0.6) is 0 Å². The zero-order valence-corrected chi connectivity index (χ0v) is 11.0. The number of carbonyl (C=O) groups is 1. The van der Waals surface area contributed by atoms with Crippen molar-refractivity contribution in [1.29, 1.82) is 0 Å². The number of hydrogen-bond acceptors (Lipinski definition) is 5. The maximum atomic E-state index is 10.7. The molecule has 0 amide bonds. The van der Waals surface area contributed by atoms with Crippen molar-refractivity contribution in [3.8, 4) is 0 Å². The maximum Gasteiger partial charge on any atom is 0.326 e. The van der Waals surface area contributed by atoms with Gasteiger partial charge < -0.3 is 10.8 Å². The molecule has 4 nitrogen and oxygen atoms in total. The van der Waals surface area contributed by atoms with Gasteiger partial charge in [0.05, 0.1) is 5.69 Å². The van der Waals surface area contributed by atoms with E-state index >= 15 is 0 Å². The van der Waals surface area contributed by atoms with Crippen LogP contribution < -0.4 is 5.73 Å². The van der Waals surface area contributed by atoms with E-state index in [1.165, 1.54) is 11.3 Å². The Morgan fingerprint density at radius 1 is 1.75 bits per heavy atom. The monoisotopic (exact) mass is 260 g/mol. The van der Waals surface area contributed by atoms with E-state index in [0.717, 1.165) is 17.2 Å². The summed E-state index contributed by atoms with van der Waals surface area (Å²) >= 11 is 3.30. The Morgan fingerprint density at radius 3 is 3.00 bits per heavy atom. The molecule has 0 aliphatic heterocycles. The summed E-state index contributed by atoms with van der Waals surface area (Å²) in [5.41, 5.74) is 5.93. The van der Waals surface area contributed by atoms with E-state index in [4.69, 9.17) is 10.8 Å². The Labute approximate surface area is 103 Å². The van der Waals surface area contributed by atoms with Crippen LogP contribution in [0.15, 0.2) is 5.38 Å². The molecule has 2 unspecified atom stereocenters. The highest BCUT2D eigenvalue weighted by Crippen LogP contribution is 2.23. The Morgan fingerprint density at radius 2 is 2.44 bits per heavy atom. The predicted octanol–water partition coefficient (Wildman–Crippen LogP) is 2.26. The first-order valence-corrected chi connectivity index (χ1v) is 7.01. The summed E-state index contributed by atoms with van der Waals surface area (Å²) < 4.78 is 0. The molecule has 6 heteroatoms. The van der Waals surface area contributed by atoms with Gasteiger partial charge >= 0.3 is 5.97 Å². The van der Waals surface area contributed by atoms with Crippen molar-refractivity contribution >= 4 is 29.1 Å². The van der Waals surface area contributed by atoms with E-state index in [2.05, 4.69) is 18.8 Å². The third-order valence-electron chi connectivity index (χ3n) is 2.22. The maximum absolute atomic E-state index is 10.7. The van der Waals surface area contributed by atoms with E-state index in [1.807, 2.05) is 11.8 Å². The molecule has 16 heavy (non-hydrogen) atoms. The molecule has 2 atom stereocenters. The van der Waals surface area contributed by atoms with Crippen LogP contribution in [0.4, 0.5) is 0 Å². The Bertz CT molecular complexity index is 354. The molecule has 1 rings (SSSR count). The molecular formula is C10H16N2O2S2. The quantitative estimate of drug-likeness (QED) is 0.820. The number of carboxylic acid groups (broad SMARTS) is 1. The molecule has 0 fully saturated rings. The highest BCUT2D eigenvalue weighted by atomic mass is 32.2. The van der Waals surface area contributed by atoms with Gasteiger partial charge in [-0.05, 0) is 6.42 Å². The molecule has 1 aromatic heterocycles. The second kappa shape index (κ2) is 6.22. The van der Waals surface area contributed by atoms with Crippen molar-refractivity contribution in [2.24, 2.45) is 5.73 Å². The molecular weight excluding hydrogens is 244 g/mol. The first-order chi connectivity index (χ1) is 7.54. The highest BCUT2D eigenvalue weighted by molar-refractivity contribution is 7.99. The molecule has 3 N–H and O–H groups in total. The molecule has 0 bridgehead atoms. The third kappa shape index (κ3) is 3.77. The number of aliphatic carboxylic acids is 1.